The van der Waals surface area contributed by atoms with E-state index in [1.165, 1.54) is 12.8 Å². The summed E-state index contributed by atoms with van der Waals surface area (Å²) in [7, 11) is 1.42. The highest BCUT2D eigenvalue weighted by Gasteiger charge is 2.35. The van der Waals surface area contributed by atoms with Crippen molar-refractivity contribution < 1.29 is 14.1 Å². The minimum atomic E-state index is -0.311. The lowest BCUT2D eigenvalue weighted by Crippen LogP contribution is -2.50. The number of carbonyl (C=O) groups excluding carboxylic acids is 1. The fourth-order valence-corrected chi connectivity index (χ4v) is 6.17. The Labute approximate surface area is 240 Å². The summed E-state index contributed by atoms with van der Waals surface area (Å²) in [6.45, 7) is 9.95. The maximum absolute atomic E-state index is 12.2. The van der Waals surface area contributed by atoms with Crippen LogP contribution in [0.1, 0.15) is 55.1 Å². The van der Waals surface area contributed by atoms with Gasteiger partial charge in [0.2, 0.25) is 0 Å². The first-order chi connectivity index (χ1) is 18.8. The molecule has 5 rings (SSSR count). The number of halogens is 2. The number of piperazine rings is 1. The molecule has 0 amide bonds. The standard InChI is InChI=1S/C31H35Cl2N3O3/c1-5-23(31(37)38-4)24-12-11-22(17-19(24)2)36-15-13-35(14-16-36)20(3)18-25-29(34-39-30(25)21-9-10-21)28-26(32)7-6-8-27(28)33/h5-8,11-12,17,20-21H,9-10,13-16,18H2,1-4H3/b23-5+. The van der Waals surface area contributed by atoms with Gasteiger partial charge in [0.15, 0.2) is 0 Å². The molecule has 39 heavy (non-hydrogen) atoms. The van der Waals surface area contributed by atoms with E-state index in [1.54, 1.807) is 0 Å². The van der Waals surface area contributed by atoms with E-state index >= 15 is 0 Å². The van der Waals surface area contributed by atoms with Crippen LogP contribution in [0.5, 0.6) is 0 Å². The number of allylic oxidation sites excluding steroid dienone is 1. The first-order valence-electron chi connectivity index (χ1n) is 13.6. The van der Waals surface area contributed by atoms with Crippen LogP contribution in [-0.4, -0.2) is 55.4 Å². The van der Waals surface area contributed by atoms with E-state index in [0.717, 1.165) is 79.1 Å². The summed E-state index contributed by atoms with van der Waals surface area (Å²) in [5.41, 5.74) is 6.42. The average molecular weight is 569 g/mol. The molecule has 2 aliphatic rings. The van der Waals surface area contributed by atoms with E-state index in [1.807, 2.05) is 44.2 Å². The molecule has 0 spiro atoms. The Morgan fingerprint density at radius 1 is 1.15 bits per heavy atom. The van der Waals surface area contributed by atoms with Crippen molar-refractivity contribution in [3.05, 3.63) is 75.0 Å². The minimum Gasteiger partial charge on any atom is -0.465 e. The molecule has 2 heterocycles. The van der Waals surface area contributed by atoms with Crippen molar-refractivity contribution in [2.45, 2.75) is 52.0 Å². The Kier molecular flexibility index (Phi) is 8.36. The predicted molar refractivity (Wildman–Crippen MR) is 158 cm³/mol. The summed E-state index contributed by atoms with van der Waals surface area (Å²) in [6.07, 6.45) is 4.92. The van der Waals surface area contributed by atoms with Crippen LogP contribution < -0.4 is 4.90 Å². The van der Waals surface area contributed by atoms with Gasteiger partial charge in [-0.3, -0.25) is 4.90 Å². The van der Waals surface area contributed by atoms with Gasteiger partial charge in [0.05, 0.1) is 22.7 Å². The summed E-state index contributed by atoms with van der Waals surface area (Å²) in [5, 5.41) is 5.65. The van der Waals surface area contributed by atoms with E-state index in [2.05, 4.69) is 34.0 Å². The summed E-state index contributed by atoms with van der Waals surface area (Å²) in [4.78, 5) is 17.1. The van der Waals surface area contributed by atoms with Crippen molar-refractivity contribution in [3.8, 4) is 11.3 Å². The van der Waals surface area contributed by atoms with Gasteiger partial charge >= 0.3 is 5.97 Å². The summed E-state index contributed by atoms with van der Waals surface area (Å²) in [6, 6.07) is 12.2. The van der Waals surface area contributed by atoms with Crippen LogP contribution >= 0.6 is 23.2 Å². The molecule has 0 radical (unpaired) electrons. The van der Waals surface area contributed by atoms with Crippen molar-refractivity contribution in [2.24, 2.45) is 0 Å². The van der Waals surface area contributed by atoms with Crippen LogP contribution in [0.25, 0.3) is 16.8 Å². The molecule has 1 saturated carbocycles. The first kappa shape index (κ1) is 27.8. The zero-order valence-electron chi connectivity index (χ0n) is 23.0. The van der Waals surface area contributed by atoms with Gasteiger partial charge in [0, 0.05) is 55.0 Å². The Morgan fingerprint density at radius 2 is 1.85 bits per heavy atom. The zero-order chi connectivity index (χ0) is 27.7. The Bertz CT molecular complexity index is 1370. The second kappa shape index (κ2) is 11.7. The highest BCUT2D eigenvalue weighted by molar-refractivity contribution is 6.39. The second-order valence-corrected chi connectivity index (χ2v) is 11.3. The molecule has 1 atom stereocenters. The lowest BCUT2D eigenvalue weighted by atomic mass is 9.97. The SMILES string of the molecule is C/C=C(/C(=O)OC)c1ccc(N2CCN(C(C)Cc3c(-c4c(Cl)cccc4Cl)noc3C3CC3)CC2)cc1C. The van der Waals surface area contributed by atoms with Gasteiger partial charge in [-0.1, -0.05) is 46.6 Å². The molecule has 8 heteroatoms. The molecule has 2 aromatic carbocycles. The van der Waals surface area contributed by atoms with E-state index in [-0.39, 0.29) is 5.97 Å². The van der Waals surface area contributed by atoms with Crippen molar-refractivity contribution in [2.75, 3.05) is 38.2 Å². The third-order valence-electron chi connectivity index (χ3n) is 7.96. The van der Waals surface area contributed by atoms with Gasteiger partial charge in [-0.15, -0.1) is 0 Å². The van der Waals surface area contributed by atoms with Gasteiger partial charge in [0.1, 0.15) is 11.5 Å². The molecule has 1 aliphatic carbocycles. The van der Waals surface area contributed by atoms with Crippen LogP contribution in [0.4, 0.5) is 5.69 Å². The van der Waals surface area contributed by atoms with Gasteiger partial charge in [-0.05, 0) is 75.4 Å². The molecule has 206 valence electrons. The van der Waals surface area contributed by atoms with Crippen LogP contribution in [0, 0.1) is 6.92 Å². The molecule has 1 aliphatic heterocycles. The van der Waals surface area contributed by atoms with Crippen LogP contribution in [0.2, 0.25) is 10.0 Å². The minimum absolute atomic E-state index is 0.311. The van der Waals surface area contributed by atoms with E-state index in [9.17, 15) is 4.79 Å². The second-order valence-electron chi connectivity index (χ2n) is 10.5. The molecule has 3 aromatic rings. The van der Waals surface area contributed by atoms with E-state index in [0.29, 0.717) is 27.6 Å². The van der Waals surface area contributed by atoms with E-state index < -0.39 is 0 Å². The number of carbonyl (C=O) groups is 1. The third kappa shape index (κ3) is 5.74. The van der Waals surface area contributed by atoms with Gasteiger partial charge in [0.25, 0.3) is 0 Å². The fourth-order valence-electron chi connectivity index (χ4n) is 5.59. The van der Waals surface area contributed by atoms with Crippen LogP contribution in [-0.2, 0) is 16.0 Å². The number of hydrogen-bond acceptors (Lipinski definition) is 6. The number of rotatable bonds is 8. The van der Waals surface area contributed by atoms with E-state index in [4.69, 9.17) is 32.5 Å². The summed E-state index contributed by atoms with van der Waals surface area (Å²) < 4.78 is 10.8. The van der Waals surface area contributed by atoms with Crippen molar-refractivity contribution in [1.29, 1.82) is 0 Å². The number of aryl methyl sites for hydroxylation is 1. The van der Waals surface area contributed by atoms with Crippen molar-refractivity contribution >= 4 is 40.4 Å². The molecular formula is C31H35Cl2N3O3. The number of aromatic nitrogens is 1. The third-order valence-corrected chi connectivity index (χ3v) is 8.59. The number of nitrogens with zero attached hydrogens (tertiary/aromatic N) is 3. The molecule has 2 fully saturated rings. The highest BCUT2D eigenvalue weighted by Crippen LogP contribution is 2.46. The molecular weight excluding hydrogens is 533 g/mol. The van der Waals surface area contributed by atoms with Gasteiger partial charge in [-0.2, -0.15) is 0 Å². The highest BCUT2D eigenvalue weighted by atomic mass is 35.5. The summed E-state index contributed by atoms with van der Waals surface area (Å²) in [5.74, 6) is 1.13. The predicted octanol–water partition coefficient (Wildman–Crippen LogP) is 7.16. The largest absolute Gasteiger partial charge is 0.465 e. The average Bonchev–Trinajstić information content (AvgIpc) is 3.71. The van der Waals surface area contributed by atoms with Crippen molar-refractivity contribution in [1.82, 2.24) is 10.1 Å². The zero-order valence-corrected chi connectivity index (χ0v) is 24.5. The Morgan fingerprint density at radius 3 is 2.44 bits per heavy atom. The summed E-state index contributed by atoms with van der Waals surface area (Å²) >= 11 is 13.1. The normalized spacial score (nSPS) is 17.4. The van der Waals surface area contributed by atoms with Gasteiger partial charge in [-0.25, -0.2) is 4.79 Å². The fraction of sp³-hybridized carbons (Fsp3) is 0.419. The molecule has 1 saturated heterocycles. The number of esters is 1. The van der Waals surface area contributed by atoms with Crippen LogP contribution in [0.3, 0.4) is 0 Å². The topological polar surface area (TPSA) is 58.8 Å². The maximum atomic E-state index is 12.2. The number of hydrogen-bond donors (Lipinski definition) is 0. The number of methoxy groups -OCH3 is 1. The quantitative estimate of drug-likeness (QED) is 0.212. The van der Waals surface area contributed by atoms with Crippen molar-refractivity contribution in [3.63, 3.8) is 0 Å². The molecule has 0 N–H and O–H groups in total. The Balaban J connectivity index is 1.28. The molecule has 1 aromatic heterocycles. The number of benzene rings is 2. The maximum Gasteiger partial charge on any atom is 0.338 e. The van der Waals surface area contributed by atoms with Crippen LogP contribution in [0.15, 0.2) is 47.0 Å². The molecule has 6 nitrogen and oxygen atoms in total. The number of ether oxygens (including phenoxy) is 1. The lowest BCUT2D eigenvalue weighted by Gasteiger charge is -2.39. The smallest absolute Gasteiger partial charge is 0.338 e. The molecule has 0 bridgehead atoms. The first-order valence-corrected chi connectivity index (χ1v) is 14.3. The van der Waals surface area contributed by atoms with Gasteiger partial charge < -0.3 is 14.2 Å². The number of anilines is 1. The Hall–Kier alpha value is -2.80. The monoisotopic (exact) mass is 567 g/mol. The molecule has 1 unspecified atom stereocenters. The lowest BCUT2D eigenvalue weighted by molar-refractivity contribution is -0.133.